The zero-order chi connectivity index (χ0) is 23.2. The van der Waals surface area contributed by atoms with Crippen LogP contribution in [0.4, 0.5) is 0 Å². The van der Waals surface area contributed by atoms with Crippen LogP contribution in [0.1, 0.15) is 49.8 Å². The molecule has 8 nitrogen and oxygen atoms in total. The molecule has 1 saturated heterocycles. The van der Waals surface area contributed by atoms with Crippen LogP contribution >= 0.6 is 0 Å². The number of fused-ring (bicyclic) bond motifs is 3. The molecule has 0 radical (unpaired) electrons. The second-order valence-electron chi connectivity index (χ2n) is 9.31. The van der Waals surface area contributed by atoms with Crippen LogP contribution in [0.3, 0.4) is 0 Å². The molecule has 0 aliphatic carbocycles. The van der Waals surface area contributed by atoms with Gasteiger partial charge in [0, 0.05) is 24.7 Å². The zero-order valence-electron chi connectivity index (χ0n) is 18.9. The highest BCUT2D eigenvalue weighted by Crippen LogP contribution is 2.43. The Morgan fingerprint density at radius 2 is 2.09 bits per heavy atom. The minimum absolute atomic E-state index is 0.139. The predicted octanol–water partition coefficient (Wildman–Crippen LogP) is 3.08. The molecule has 1 fully saturated rings. The molecule has 1 atom stereocenters. The van der Waals surface area contributed by atoms with E-state index in [4.69, 9.17) is 13.9 Å². The second kappa shape index (κ2) is 8.15. The minimum atomic E-state index is -0.899. The maximum atomic E-state index is 12.9. The molecule has 0 bridgehead atoms. The smallest absolute Gasteiger partial charge is 0.340 e. The number of hydrogen-bond acceptors (Lipinski definition) is 6. The van der Waals surface area contributed by atoms with Crippen molar-refractivity contribution in [3.8, 4) is 11.5 Å². The van der Waals surface area contributed by atoms with Gasteiger partial charge in [-0.25, -0.2) is 4.79 Å². The predicted molar refractivity (Wildman–Crippen MR) is 117 cm³/mol. The Morgan fingerprint density at radius 1 is 1.34 bits per heavy atom. The highest BCUT2D eigenvalue weighted by Gasteiger charge is 2.32. The molecule has 1 amide bonds. The van der Waals surface area contributed by atoms with Crippen molar-refractivity contribution < 1.29 is 28.6 Å². The molecule has 2 aromatic rings. The summed E-state index contributed by atoms with van der Waals surface area (Å²) in [6.07, 6.45) is 2.53. The molecular formula is C24H29NO7. The van der Waals surface area contributed by atoms with E-state index in [9.17, 15) is 19.5 Å². The number of methoxy groups -OCH3 is 1. The number of aliphatic carboxylic acids is 1. The van der Waals surface area contributed by atoms with Crippen molar-refractivity contribution in [2.45, 2.75) is 58.5 Å². The molecule has 1 unspecified atom stereocenters. The van der Waals surface area contributed by atoms with Gasteiger partial charge in [-0.05, 0) is 52.0 Å². The summed E-state index contributed by atoms with van der Waals surface area (Å²) in [4.78, 5) is 38.8. The van der Waals surface area contributed by atoms with E-state index < -0.39 is 17.5 Å². The standard InChI is InChI=1S/C24H29NO7/c1-13-16(10-19(26)25-9-5-6-14(12-25)22(27)28)23(29)31-21-15-7-8-24(2,3)32-17(15)11-18(30-4)20(13)21/h11,14H,5-10,12H2,1-4H3,(H,27,28). The van der Waals surface area contributed by atoms with Crippen molar-refractivity contribution in [1.82, 2.24) is 4.90 Å². The average Bonchev–Trinajstić information content (AvgIpc) is 2.74. The number of carboxylic acid groups (broad SMARTS) is 1. The van der Waals surface area contributed by atoms with Crippen LogP contribution in [0.5, 0.6) is 11.5 Å². The molecule has 1 aromatic heterocycles. The van der Waals surface area contributed by atoms with Crippen LogP contribution in [0.15, 0.2) is 15.3 Å². The molecular weight excluding hydrogens is 414 g/mol. The maximum absolute atomic E-state index is 12.9. The molecule has 32 heavy (non-hydrogen) atoms. The largest absolute Gasteiger partial charge is 0.496 e. The normalized spacial score (nSPS) is 19.9. The Morgan fingerprint density at radius 3 is 2.78 bits per heavy atom. The fourth-order valence-corrected chi connectivity index (χ4v) is 4.72. The third kappa shape index (κ3) is 3.94. The summed E-state index contributed by atoms with van der Waals surface area (Å²) in [5.41, 5.74) is 1.30. The van der Waals surface area contributed by atoms with Gasteiger partial charge < -0.3 is 23.9 Å². The number of amides is 1. The average molecular weight is 443 g/mol. The molecule has 0 spiro atoms. The number of hydrogen-bond donors (Lipinski definition) is 1. The first-order valence-electron chi connectivity index (χ1n) is 11.0. The Hall–Kier alpha value is -3.03. The van der Waals surface area contributed by atoms with Crippen molar-refractivity contribution in [3.63, 3.8) is 0 Å². The minimum Gasteiger partial charge on any atom is -0.496 e. The van der Waals surface area contributed by atoms with Gasteiger partial charge in [0.1, 0.15) is 22.7 Å². The number of likely N-dealkylation sites (tertiary alicyclic amines) is 1. The van der Waals surface area contributed by atoms with Crippen LogP contribution < -0.4 is 15.1 Å². The van der Waals surface area contributed by atoms with Gasteiger partial charge in [0.05, 0.1) is 30.4 Å². The fourth-order valence-electron chi connectivity index (χ4n) is 4.72. The molecule has 1 N–H and O–H groups in total. The van der Waals surface area contributed by atoms with Crippen molar-refractivity contribution in [1.29, 1.82) is 0 Å². The molecule has 2 aliphatic rings. The zero-order valence-corrected chi connectivity index (χ0v) is 18.9. The summed E-state index contributed by atoms with van der Waals surface area (Å²) in [6.45, 7) is 6.47. The van der Waals surface area contributed by atoms with Crippen molar-refractivity contribution >= 4 is 22.8 Å². The second-order valence-corrected chi connectivity index (χ2v) is 9.31. The molecule has 1 aromatic carbocycles. The van der Waals surface area contributed by atoms with Gasteiger partial charge in [-0.3, -0.25) is 9.59 Å². The van der Waals surface area contributed by atoms with Crippen molar-refractivity contribution in [2.75, 3.05) is 20.2 Å². The molecule has 4 rings (SSSR count). The summed E-state index contributed by atoms with van der Waals surface area (Å²) in [5.74, 6) is -0.575. The molecule has 8 heteroatoms. The van der Waals surface area contributed by atoms with Gasteiger partial charge in [-0.1, -0.05) is 0 Å². The molecule has 3 heterocycles. The topological polar surface area (TPSA) is 106 Å². The van der Waals surface area contributed by atoms with Crippen LogP contribution in [0.25, 0.3) is 11.0 Å². The fraction of sp³-hybridized carbons (Fsp3) is 0.542. The first kappa shape index (κ1) is 22.2. The third-order valence-electron chi connectivity index (χ3n) is 6.61. The summed E-state index contributed by atoms with van der Waals surface area (Å²) in [6, 6.07) is 1.82. The number of ether oxygens (including phenoxy) is 2. The van der Waals surface area contributed by atoms with Crippen LogP contribution in [0.2, 0.25) is 0 Å². The van der Waals surface area contributed by atoms with E-state index in [2.05, 4.69) is 0 Å². The maximum Gasteiger partial charge on any atom is 0.340 e. The molecule has 2 aliphatic heterocycles. The first-order valence-corrected chi connectivity index (χ1v) is 11.0. The summed E-state index contributed by atoms with van der Waals surface area (Å²) >= 11 is 0. The Balaban J connectivity index is 1.73. The lowest BCUT2D eigenvalue weighted by atomic mass is 9.91. The van der Waals surface area contributed by atoms with Crippen LogP contribution in [-0.2, 0) is 22.4 Å². The van der Waals surface area contributed by atoms with Crippen LogP contribution in [0, 0.1) is 12.8 Å². The van der Waals surface area contributed by atoms with Gasteiger partial charge in [0.25, 0.3) is 0 Å². The Bertz CT molecular complexity index is 1150. The van der Waals surface area contributed by atoms with Gasteiger partial charge in [-0.15, -0.1) is 0 Å². The molecule has 172 valence electrons. The number of carboxylic acids is 1. The van der Waals surface area contributed by atoms with E-state index in [1.807, 2.05) is 19.9 Å². The number of carbonyl (C=O) groups is 2. The van der Waals surface area contributed by atoms with Crippen molar-refractivity contribution in [2.24, 2.45) is 5.92 Å². The SMILES string of the molecule is COc1cc2c(c3oc(=O)c(CC(=O)N4CCCC(C(=O)O)C4)c(C)c13)CCC(C)(C)O2. The summed E-state index contributed by atoms with van der Waals surface area (Å²) < 4.78 is 17.4. The number of piperidine rings is 1. The summed E-state index contributed by atoms with van der Waals surface area (Å²) in [5, 5.41) is 9.96. The van der Waals surface area contributed by atoms with E-state index >= 15 is 0 Å². The molecule has 0 saturated carbocycles. The van der Waals surface area contributed by atoms with E-state index in [1.165, 1.54) is 4.90 Å². The highest BCUT2D eigenvalue weighted by atomic mass is 16.5. The first-order chi connectivity index (χ1) is 15.1. The Labute approximate surface area is 186 Å². The van der Waals surface area contributed by atoms with E-state index in [0.29, 0.717) is 53.8 Å². The number of benzene rings is 1. The van der Waals surface area contributed by atoms with E-state index in [-0.39, 0.29) is 30.0 Å². The number of aryl methyl sites for hydroxylation is 2. The van der Waals surface area contributed by atoms with Crippen molar-refractivity contribution in [3.05, 3.63) is 33.2 Å². The van der Waals surface area contributed by atoms with Gasteiger partial charge in [0.15, 0.2) is 0 Å². The highest BCUT2D eigenvalue weighted by molar-refractivity contribution is 5.93. The lowest BCUT2D eigenvalue weighted by molar-refractivity contribution is -0.145. The van der Waals surface area contributed by atoms with E-state index in [0.717, 1.165) is 12.0 Å². The number of carbonyl (C=O) groups excluding carboxylic acids is 1. The lowest BCUT2D eigenvalue weighted by Gasteiger charge is -2.33. The monoisotopic (exact) mass is 443 g/mol. The summed E-state index contributed by atoms with van der Waals surface area (Å²) in [7, 11) is 1.55. The van der Waals surface area contributed by atoms with Gasteiger partial charge in [-0.2, -0.15) is 0 Å². The van der Waals surface area contributed by atoms with E-state index in [1.54, 1.807) is 14.0 Å². The lowest BCUT2D eigenvalue weighted by Crippen LogP contribution is -2.43. The Kier molecular flexibility index (Phi) is 5.65. The number of rotatable bonds is 4. The van der Waals surface area contributed by atoms with Crippen LogP contribution in [-0.4, -0.2) is 47.7 Å². The van der Waals surface area contributed by atoms with Gasteiger partial charge in [0.2, 0.25) is 5.91 Å². The quantitative estimate of drug-likeness (QED) is 0.724. The number of nitrogens with zero attached hydrogens (tertiary/aromatic N) is 1. The van der Waals surface area contributed by atoms with Gasteiger partial charge >= 0.3 is 11.6 Å². The third-order valence-corrected chi connectivity index (χ3v) is 6.61.